The van der Waals surface area contributed by atoms with Crippen LogP contribution in [0.4, 0.5) is 14.5 Å². The van der Waals surface area contributed by atoms with E-state index in [9.17, 15) is 22.0 Å². The summed E-state index contributed by atoms with van der Waals surface area (Å²) in [6.07, 6.45) is 5.36. The van der Waals surface area contributed by atoms with Gasteiger partial charge in [-0.15, -0.1) is 0 Å². The zero-order valence-corrected chi connectivity index (χ0v) is 18.5. The van der Waals surface area contributed by atoms with Crippen molar-refractivity contribution in [1.82, 2.24) is 4.31 Å². The van der Waals surface area contributed by atoms with Crippen LogP contribution in [0, 0.1) is 11.6 Å². The van der Waals surface area contributed by atoms with Gasteiger partial charge >= 0.3 is 0 Å². The molecule has 0 radical (unpaired) electrons. The Morgan fingerprint density at radius 3 is 2.10 bits per heavy atom. The molecule has 0 unspecified atom stereocenters. The van der Waals surface area contributed by atoms with Crippen LogP contribution in [0.2, 0.25) is 0 Å². The minimum atomic E-state index is -4.14. The van der Waals surface area contributed by atoms with Crippen LogP contribution < -0.4 is 4.90 Å². The number of sulfonamides is 1. The van der Waals surface area contributed by atoms with E-state index in [2.05, 4.69) is 0 Å². The topological polar surface area (TPSA) is 57.7 Å². The number of benzene rings is 2. The van der Waals surface area contributed by atoms with Gasteiger partial charge in [0.15, 0.2) is 0 Å². The van der Waals surface area contributed by atoms with Crippen LogP contribution in [0.15, 0.2) is 47.4 Å². The molecule has 31 heavy (non-hydrogen) atoms. The lowest BCUT2D eigenvalue weighted by atomic mass is 10.1. The van der Waals surface area contributed by atoms with Gasteiger partial charge in [0, 0.05) is 38.3 Å². The fraction of sp³-hybridized carbons (Fsp3) is 0.435. The Balaban J connectivity index is 2.03. The largest absolute Gasteiger partial charge is 0.312 e. The number of anilines is 1. The van der Waals surface area contributed by atoms with Gasteiger partial charge in [-0.05, 0) is 36.6 Å². The maximum Gasteiger partial charge on any atom is 0.243 e. The fourth-order valence-electron chi connectivity index (χ4n) is 3.92. The Kier molecular flexibility index (Phi) is 7.78. The molecule has 2 aromatic carbocycles. The SMILES string of the molecule is CC(=O)N1CCCCCCCCN(S(=O)(=O)c2cc(F)cc(F)c2)Cc2ccccc21. The minimum absolute atomic E-state index is 0.0143. The summed E-state index contributed by atoms with van der Waals surface area (Å²) < 4.78 is 55.4. The molecule has 0 saturated heterocycles. The van der Waals surface area contributed by atoms with Crippen LogP contribution in [-0.4, -0.2) is 31.7 Å². The number of rotatable bonds is 2. The zero-order valence-electron chi connectivity index (χ0n) is 17.7. The van der Waals surface area contributed by atoms with Crippen LogP contribution in [-0.2, 0) is 21.4 Å². The Labute approximate surface area is 182 Å². The summed E-state index contributed by atoms with van der Waals surface area (Å²) in [5, 5.41) is 0. The number of amides is 1. The second-order valence-corrected chi connectivity index (χ2v) is 9.80. The van der Waals surface area contributed by atoms with Crippen LogP contribution in [0.5, 0.6) is 0 Å². The Morgan fingerprint density at radius 2 is 1.45 bits per heavy atom. The molecule has 5 nitrogen and oxygen atoms in total. The first-order valence-electron chi connectivity index (χ1n) is 10.6. The Bertz CT molecular complexity index is 1010. The number of halogens is 2. The Morgan fingerprint density at radius 1 is 0.871 bits per heavy atom. The number of nitrogens with zero attached hydrogens (tertiary/aromatic N) is 2. The third kappa shape index (κ3) is 5.89. The molecule has 0 saturated carbocycles. The van der Waals surface area contributed by atoms with Crippen LogP contribution in [0.25, 0.3) is 0 Å². The summed E-state index contributed by atoms with van der Waals surface area (Å²) in [6, 6.07) is 9.54. The number of para-hydroxylation sites is 1. The lowest BCUT2D eigenvalue weighted by molar-refractivity contribution is -0.116. The van der Waals surface area contributed by atoms with E-state index in [4.69, 9.17) is 0 Å². The van der Waals surface area contributed by atoms with E-state index < -0.39 is 26.6 Å². The van der Waals surface area contributed by atoms with E-state index in [1.807, 2.05) is 12.1 Å². The summed E-state index contributed by atoms with van der Waals surface area (Å²) in [5.74, 6) is -1.98. The summed E-state index contributed by atoms with van der Waals surface area (Å²) in [5.41, 5.74) is 1.34. The van der Waals surface area contributed by atoms with Crippen molar-refractivity contribution in [3.8, 4) is 0 Å². The molecule has 1 aliphatic heterocycles. The van der Waals surface area contributed by atoms with E-state index in [1.165, 1.54) is 11.2 Å². The highest BCUT2D eigenvalue weighted by molar-refractivity contribution is 7.89. The van der Waals surface area contributed by atoms with Gasteiger partial charge in [-0.25, -0.2) is 17.2 Å². The molecule has 0 spiro atoms. The van der Waals surface area contributed by atoms with Crippen LogP contribution in [0.1, 0.15) is 51.0 Å². The number of carbonyl (C=O) groups excluding carboxylic acids is 1. The molecular formula is C23H28F2N2O3S. The summed E-state index contributed by atoms with van der Waals surface area (Å²) in [7, 11) is -4.14. The van der Waals surface area contributed by atoms with Crippen molar-refractivity contribution < 1.29 is 22.0 Å². The second-order valence-electron chi connectivity index (χ2n) is 7.86. The fourth-order valence-corrected chi connectivity index (χ4v) is 5.42. The summed E-state index contributed by atoms with van der Waals surface area (Å²) in [6.45, 7) is 2.31. The monoisotopic (exact) mass is 450 g/mol. The van der Waals surface area contributed by atoms with Gasteiger partial charge in [0.25, 0.3) is 0 Å². The molecule has 168 valence electrons. The predicted octanol–water partition coefficient (Wildman–Crippen LogP) is 4.86. The van der Waals surface area contributed by atoms with Crippen molar-refractivity contribution in [3.05, 3.63) is 59.7 Å². The van der Waals surface area contributed by atoms with E-state index in [-0.39, 0.29) is 19.0 Å². The first kappa shape index (κ1) is 23.3. The third-order valence-corrected chi connectivity index (χ3v) is 7.35. The third-order valence-electron chi connectivity index (χ3n) is 5.52. The standard InChI is InChI=1S/C23H28F2N2O3S/c1-18(28)27-13-9-5-3-2-4-8-12-26(17-19-10-6-7-11-23(19)27)31(29,30)22-15-20(24)14-21(25)16-22/h6-7,10-11,14-16H,2-5,8-9,12-13,17H2,1H3. The average molecular weight is 451 g/mol. The molecule has 0 atom stereocenters. The van der Waals surface area contributed by atoms with Gasteiger partial charge < -0.3 is 4.90 Å². The van der Waals surface area contributed by atoms with Crippen molar-refractivity contribution in [1.29, 1.82) is 0 Å². The molecular weight excluding hydrogens is 422 g/mol. The van der Waals surface area contributed by atoms with Gasteiger partial charge in [-0.3, -0.25) is 4.79 Å². The zero-order chi connectivity index (χ0) is 22.4. The van der Waals surface area contributed by atoms with Crippen molar-refractivity contribution >= 4 is 21.6 Å². The normalized spacial score (nSPS) is 17.2. The van der Waals surface area contributed by atoms with E-state index in [0.717, 1.165) is 44.2 Å². The number of fused-ring (bicyclic) bond motifs is 1. The molecule has 1 amide bonds. The molecule has 1 heterocycles. The smallest absolute Gasteiger partial charge is 0.243 e. The van der Waals surface area contributed by atoms with Crippen molar-refractivity contribution in [3.63, 3.8) is 0 Å². The quantitative estimate of drug-likeness (QED) is 0.656. The van der Waals surface area contributed by atoms with Crippen LogP contribution >= 0.6 is 0 Å². The predicted molar refractivity (Wildman–Crippen MR) is 116 cm³/mol. The van der Waals surface area contributed by atoms with Crippen molar-refractivity contribution in [2.24, 2.45) is 0 Å². The maximum atomic E-state index is 13.7. The summed E-state index contributed by atoms with van der Waals surface area (Å²) in [4.78, 5) is 13.6. The first-order chi connectivity index (χ1) is 14.8. The molecule has 3 rings (SSSR count). The number of hydrogen-bond donors (Lipinski definition) is 0. The molecule has 0 bridgehead atoms. The highest BCUT2D eigenvalue weighted by Gasteiger charge is 2.27. The van der Waals surface area contributed by atoms with Gasteiger partial charge in [-0.2, -0.15) is 4.31 Å². The Hall–Kier alpha value is -2.32. The first-order valence-corrected chi connectivity index (χ1v) is 12.1. The highest BCUT2D eigenvalue weighted by atomic mass is 32.2. The molecule has 0 fully saturated rings. The van der Waals surface area contributed by atoms with Crippen molar-refractivity contribution in [2.45, 2.75) is 56.9 Å². The lowest BCUT2D eigenvalue weighted by Gasteiger charge is -2.27. The summed E-state index contributed by atoms with van der Waals surface area (Å²) >= 11 is 0. The van der Waals surface area contributed by atoms with E-state index >= 15 is 0 Å². The average Bonchev–Trinajstić information content (AvgIpc) is 2.72. The van der Waals surface area contributed by atoms with Gasteiger partial charge in [0.1, 0.15) is 11.6 Å². The molecule has 8 heteroatoms. The molecule has 0 aromatic heterocycles. The second kappa shape index (κ2) is 10.3. The minimum Gasteiger partial charge on any atom is -0.312 e. The lowest BCUT2D eigenvalue weighted by Crippen LogP contribution is -2.34. The van der Waals surface area contributed by atoms with E-state index in [0.29, 0.717) is 30.3 Å². The number of carbonyl (C=O) groups is 1. The van der Waals surface area contributed by atoms with Gasteiger partial charge in [-0.1, -0.05) is 43.9 Å². The van der Waals surface area contributed by atoms with Crippen LogP contribution in [0.3, 0.4) is 0 Å². The number of hydrogen-bond acceptors (Lipinski definition) is 3. The van der Waals surface area contributed by atoms with E-state index in [1.54, 1.807) is 17.0 Å². The maximum absolute atomic E-state index is 13.7. The molecule has 0 N–H and O–H groups in total. The molecule has 2 aromatic rings. The highest BCUT2D eigenvalue weighted by Crippen LogP contribution is 2.27. The van der Waals surface area contributed by atoms with Crippen molar-refractivity contribution in [2.75, 3.05) is 18.0 Å². The molecule has 0 aliphatic carbocycles. The van der Waals surface area contributed by atoms with Gasteiger partial charge in [0.2, 0.25) is 15.9 Å². The van der Waals surface area contributed by atoms with Gasteiger partial charge in [0.05, 0.1) is 4.90 Å². The molecule has 1 aliphatic rings.